The third-order valence-corrected chi connectivity index (χ3v) is 9.38. The lowest BCUT2D eigenvalue weighted by molar-refractivity contribution is -0.228. The summed E-state index contributed by atoms with van der Waals surface area (Å²) < 4.78 is 38.3. The number of fused-ring (bicyclic) bond motifs is 5. The van der Waals surface area contributed by atoms with Gasteiger partial charge in [0, 0.05) is 29.1 Å². The molecule has 9 atom stereocenters. The Morgan fingerprint density at radius 3 is 2.53 bits per heavy atom. The number of alkyl halides is 2. The van der Waals surface area contributed by atoms with Crippen molar-refractivity contribution in [2.45, 2.75) is 76.9 Å². The molecule has 176 valence electrons. The van der Waals surface area contributed by atoms with Gasteiger partial charge in [0.25, 0.3) is 0 Å². The first-order chi connectivity index (χ1) is 14.8. The molecule has 8 heteroatoms. The molecule has 4 aliphatic carbocycles. The fourth-order valence-electron chi connectivity index (χ4n) is 7.49. The van der Waals surface area contributed by atoms with E-state index in [-0.39, 0.29) is 24.8 Å². The third-order valence-electron chi connectivity index (χ3n) is 9.05. The molecule has 1 N–H and O–H groups in total. The molecule has 0 saturated heterocycles. The molecular formula is C24H30F2O5S. The van der Waals surface area contributed by atoms with Crippen LogP contribution < -0.4 is 0 Å². The van der Waals surface area contributed by atoms with Crippen LogP contribution in [0.15, 0.2) is 23.8 Å². The summed E-state index contributed by atoms with van der Waals surface area (Å²) in [6.07, 6.45) is 0.619. The lowest BCUT2D eigenvalue weighted by atomic mass is 9.44. The summed E-state index contributed by atoms with van der Waals surface area (Å²) in [6.45, 7) is 6.62. The van der Waals surface area contributed by atoms with Gasteiger partial charge in [-0.2, -0.15) is 0 Å². The highest BCUT2D eigenvalue weighted by Crippen LogP contribution is 2.71. The van der Waals surface area contributed by atoms with Crippen molar-refractivity contribution in [2.75, 3.05) is 0 Å². The van der Waals surface area contributed by atoms with Gasteiger partial charge in [-0.25, -0.2) is 8.78 Å². The highest BCUT2D eigenvalue weighted by molar-refractivity contribution is 7.96. The monoisotopic (exact) mass is 468 g/mol. The molecule has 5 unspecified atom stereocenters. The Labute approximate surface area is 192 Å². The van der Waals surface area contributed by atoms with Crippen LogP contribution in [0.4, 0.5) is 8.78 Å². The summed E-state index contributed by atoms with van der Waals surface area (Å²) in [7, 11) is 0. The molecule has 3 fully saturated rings. The SMILES string of the molecule is CCC(=O)OC1(C(=O)S)C(C)CC2[C@@H]3CC(F)C4=CC(=O)C=C[C@]4(C)C3(F)[C@@H](O)C[C@@]21C. The number of esters is 1. The van der Waals surface area contributed by atoms with E-state index >= 15 is 8.78 Å². The summed E-state index contributed by atoms with van der Waals surface area (Å²) in [5.74, 6) is -2.94. The van der Waals surface area contributed by atoms with Crippen molar-refractivity contribution >= 4 is 29.5 Å². The average molecular weight is 469 g/mol. The first-order valence-electron chi connectivity index (χ1n) is 11.2. The van der Waals surface area contributed by atoms with Crippen LogP contribution in [0.2, 0.25) is 0 Å². The number of ether oxygens (including phenoxy) is 1. The number of hydrogen-bond donors (Lipinski definition) is 2. The van der Waals surface area contributed by atoms with Crippen molar-refractivity contribution in [3.8, 4) is 0 Å². The zero-order chi connectivity index (χ0) is 23.9. The highest BCUT2D eigenvalue weighted by atomic mass is 32.1. The lowest BCUT2D eigenvalue weighted by Gasteiger charge is -2.63. The van der Waals surface area contributed by atoms with Gasteiger partial charge in [-0.05, 0) is 49.8 Å². The quantitative estimate of drug-likeness (QED) is 0.488. The van der Waals surface area contributed by atoms with E-state index in [1.165, 1.54) is 19.1 Å². The number of hydrogen-bond acceptors (Lipinski definition) is 5. The fraction of sp³-hybridized carbons (Fsp3) is 0.708. The standard InChI is InChI=1S/C24H30F2O5S/c1-5-19(29)31-24(20(30)32)12(2)8-14-15-10-17(25)16-9-13(27)6-7-21(16,3)23(15,26)18(28)11-22(14,24)4/h6-7,9,12,14-15,17-18,28H,5,8,10-11H2,1-4H3,(H,30,32)/t12?,14?,15-,17?,18-,21-,22-,23?,24?/m0/s1. The van der Waals surface area contributed by atoms with E-state index in [1.807, 2.05) is 0 Å². The molecule has 0 radical (unpaired) electrons. The largest absolute Gasteiger partial charge is 0.449 e. The van der Waals surface area contributed by atoms with Gasteiger partial charge in [0.15, 0.2) is 17.1 Å². The first-order valence-corrected chi connectivity index (χ1v) is 11.7. The topological polar surface area (TPSA) is 80.7 Å². The molecule has 0 spiro atoms. The Morgan fingerprint density at radius 1 is 1.28 bits per heavy atom. The van der Waals surface area contributed by atoms with Gasteiger partial charge in [0.2, 0.25) is 5.12 Å². The van der Waals surface area contributed by atoms with E-state index in [4.69, 9.17) is 4.74 Å². The number of aliphatic hydroxyl groups is 1. The second-order valence-corrected chi connectivity index (χ2v) is 10.8. The van der Waals surface area contributed by atoms with Gasteiger partial charge in [0.1, 0.15) is 6.17 Å². The maximum atomic E-state index is 17.1. The molecule has 3 saturated carbocycles. The number of allylic oxidation sites excluding steroid dienone is 4. The fourth-order valence-corrected chi connectivity index (χ4v) is 8.01. The molecule has 0 aliphatic heterocycles. The van der Waals surface area contributed by atoms with E-state index in [0.717, 1.165) is 6.08 Å². The number of aliphatic hydroxyl groups excluding tert-OH is 1. The first kappa shape index (κ1) is 23.6. The van der Waals surface area contributed by atoms with Crippen molar-refractivity contribution in [1.29, 1.82) is 0 Å². The zero-order valence-electron chi connectivity index (χ0n) is 18.7. The molecule has 0 heterocycles. The van der Waals surface area contributed by atoms with E-state index in [1.54, 1.807) is 20.8 Å². The molecule has 4 aliphatic rings. The summed E-state index contributed by atoms with van der Waals surface area (Å²) in [4.78, 5) is 37.2. The Hall–Kier alpha value is -1.54. The summed E-state index contributed by atoms with van der Waals surface area (Å²) in [6, 6.07) is 0. The van der Waals surface area contributed by atoms with Crippen LogP contribution in [-0.4, -0.2) is 45.5 Å². The van der Waals surface area contributed by atoms with E-state index in [0.29, 0.717) is 6.42 Å². The maximum Gasteiger partial charge on any atom is 0.306 e. The van der Waals surface area contributed by atoms with Crippen LogP contribution in [0.5, 0.6) is 0 Å². The van der Waals surface area contributed by atoms with Gasteiger partial charge < -0.3 is 9.84 Å². The van der Waals surface area contributed by atoms with Crippen molar-refractivity contribution < 1.29 is 33.0 Å². The minimum absolute atomic E-state index is 0.0476. The number of carbonyl (C=O) groups excluding carboxylic acids is 3. The molecule has 32 heavy (non-hydrogen) atoms. The Balaban J connectivity index is 1.87. The van der Waals surface area contributed by atoms with Crippen LogP contribution in [0.1, 0.15) is 53.4 Å². The van der Waals surface area contributed by atoms with Gasteiger partial charge in [0.05, 0.1) is 6.10 Å². The average Bonchev–Trinajstić information content (AvgIpc) is 2.93. The smallest absolute Gasteiger partial charge is 0.306 e. The van der Waals surface area contributed by atoms with Crippen LogP contribution >= 0.6 is 12.6 Å². The second kappa shape index (κ2) is 7.23. The molecule has 5 nitrogen and oxygen atoms in total. The Bertz CT molecular complexity index is 949. The van der Waals surface area contributed by atoms with Crippen LogP contribution in [-0.2, 0) is 19.1 Å². The van der Waals surface area contributed by atoms with Gasteiger partial charge in [-0.15, -0.1) is 12.6 Å². The predicted octanol–water partition coefficient (Wildman–Crippen LogP) is 3.70. The second-order valence-electron chi connectivity index (χ2n) is 10.4. The minimum atomic E-state index is -2.24. The Kier molecular flexibility index (Phi) is 5.33. The number of halogens is 2. The Morgan fingerprint density at radius 2 is 1.94 bits per heavy atom. The lowest BCUT2D eigenvalue weighted by Crippen LogP contribution is -2.70. The molecule has 4 rings (SSSR count). The molecular weight excluding hydrogens is 438 g/mol. The number of thiol groups is 1. The molecule has 0 aromatic heterocycles. The maximum absolute atomic E-state index is 17.1. The summed E-state index contributed by atoms with van der Waals surface area (Å²) in [5, 5.41) is 10.7. The number of carbonyl (C=O) groups is 3. The highest BCUT2D eigenvalue weighted by Gasteiger charge is 2.77. The normalized spacial score (nSPS) is 49.6. The van der Waals surface area contributed by atoms with Gasteiger partial charge in [-0.1, -0.05) is 26.8 Å². The predicted molar refractivity (Wildman–Crippen MR) is 116 cm³/mol. The third kappa shape index (κ3) is 2.62. The summed E-state index contributed by atoms with van der Waals surface area (Å²) >= 11 is 4.09. The van der Waals surface area contributed by atoms with Gasteiger partial charge in [-0.3, -0.25) is 14.4 Å². The van der Waals surface area contributed by atoms with E-state index in [9.17, 15) is 19.5 Å². The van der Waals surface area contributed by atoms with E-state index in [2.05, 4.69) is 12.6 Å². The minimum Gasteiger partial charge on any atom is -0.449 e. The molecule has 0 aromatic carbocycles. The van der Waals surface area contributed by atoms with Crippen molar-refractivity contribution in [3.05, 3.63) is 23.8 Å². The van der Waals surface area contributed by atoms with Gasteiger partial charge >= 0.3 is 5.97 Å². The van der Waals surface area contributed by atoms with Crippen LogP contribution in [0.25, 0.3) is 0 Å². The molecule has 0 amide bonds. The van der Waals surface area contributed by atoms with Crippen LogP contribution in [0, 0.1) is 28.6 Å². The zero-order valence-corrected chi connectivity index (χ0v) is 19.6. The van der Waals surface area contributed by atoms with E-state index < -0.39 is 69.0 Å². The van der Waals surface area contributed by atoms with Crippen LogP contribution in [0.3, 0.4) is 0 Å². The van der Waals surface area contributed by atoms with Crippen molar-refractivity contribution in [1.82, 2.24) is 0 Å². The summed E-state index contributed by atoms with van der Waals surface area (Å²) in [5.41, 5.74) is -6.46. The molecule has 0 bridgehead atoms. The number of ketones is 1. The van der Waals surface area contributed by atoms with Crippen molar-refractivity contribution in [3.63, 3.8) is 0 Å². The molecule has 0 aromatic rings. The number of rotatable bonds is 3. The van der Waals surface area contributed by atoms with Crippen molar-refractivity contribution in [2.24, 2.45) is 28.6 Å².